The fourth-order valence-electron chi connectivity index (χ4n) is 8.20. The predicted molar refractivity (Wildman–Crippen MR) is 237 cm³/mol. The van der Waals surface area contributed by atoms with Gasteiger partial charge in [-0.3, -0.25) is 0 Å². The van der Waals surface area contributed by atoms with Crippen LogP contribution in [0.3, 0.4) is 0 Å². The zero-order valence-electron chi connectivity index (χ0n) is 30.5. The van der Waals surface area contributed by atoms with Gasteiger partial charge in [-0.1, -0.05) is 170 Å². The van der Waals surface area contributed by atoms with Crippen LogP contribution in [0.2, 0.25) is 0 Å². The van der Waals surface area contributed by atoms with Crippen LogP contribution in [0.5, 0.6) is 0 Å². The highest BCUT2D eigenvalue weighted by atomic mass is 14.8. The first kappa shape index (κ1) is 32.0. The maximum Gasteiger partial charge on any atom is 0.0803 e. The lowest BCUT2D eigenvalue weighted by Gasteiger charge is -2.20. The summed E-state index contributed by atoms with van der Waals surface area (Å²) >= 11 is 0. The van der Waals surface area contributed by atoms with Crippen LogP contribution in [-0.4, -0.2) is 11.4 Å². The van der Waals surface area contributed by atoms with Crippen molar-refractivity contribution >= 4 is 65.9 Å². The summed E-state index contributed by atoms with van der Waals surface area (Å²) in [6, 6.07) is 74.1. The molecule has 0 aromatic heterocycles. The molecule has 1 aliphatic rings. The van der Waals surface area contributed by atoms with Crippen LogP contribution in [0.25, 0.3) is 65.3 Å². The van der Waals surface area contributed by atoms with Gasteiger partial charge in [0.1, 0.15) is 0 Å². The van der Waals surface area contributed by atoms with E-state index in [1.807, 2.05) is 0 Å². The molecule has 1 aliphatic heterocycles. The van der Waals surface area contributed by atoms with Crippen LogP contribution < -0.4 is 0 Å². The second kappa shape index (κ2) is 13.2. The van der Waals surface area contributed by atoms with Crippen molar-refractivity contribution in [3.05, 3.63) is 229 Å². The first-order valence-electron chi connectivity index (χ1n) is 19.1. The van der Waals surface area contributed by atoms with E-state index in [4.69, 9.17) is 9.98 Å². The van der Waals surface area contributed by atoms with Crippen molar-refractivity contribution in [2.24, 2.45) is 9.98 Å². The van der Waals surface area contributed by atoms with Crippen molar-refractivity contribution in [2.45, 2.75) is 0 Å². The van der Waals surface area contributed by atoms with Gasteiger partial charge < -0.3 is 0 Å². The molecule has 0 fully saturated rings. The van der Waals surface area contributed by atoms with E-state index in [0.717, 1.165) is 66.6 Å². The Morgan fingerprint density at radius 3 is 0.875 bits per heavy atom. The quantitative estimate of drug-likeness (QED) is 0.174. The summed E-state index contributed by atoms with van der Waals surface area (Å²) < 4.78 is 0. The maximum atomic E-state index is 5.62. The van der Waals surface area contributed by atoms with Crippen molar-refractivity contribution < 1.29 is 0 Å². The molecule has 0 atom stereocenters. The normalized spacial score (nSPS) is 12.5. The average Bonchev–Trinajstić information content (AvgIpc) is 3.26. The Balaban J connectivity index is 1.09. The molecule has 0 N–H and O–H groups in total. The molecule has 0 bridgehead atoms. The molecule has 0 radical (unpaired) electrons. The molecule has 11 rings (SSSR count). The third-order valence-electron chi connectivity index (χ3n) is 11.2. The average molecular weight is 711 g/mol. The molecule has 260 valence electrons. The van der Waals surface area contributed by atoms with Gasteiger partial charge in [-0.25, -0.2) is 9.98 Å². The van der Waals surface area contributed by atoms with E-state index in [-0.39, 0.29) is 0 Å². The third kappa shape index (κ3) is 5.68. The van der Waals surface area contributed by atoms with E-state index >= 15 is 0 Å². The molecule has 2 nitrogen and oxygen atoms in total. The summed E-state index contributed by atoms with van der Waals surface area (Å²) in [4.78, 5) is 11.2. The van der Waals surface area contributed by atoms with Crippen LogP contribution in [-0.2, 0) is 0 Å². The number of aliphatic imine (C=N–C) groups is 2. The number of nitrogens with zero attached hydrogens (tertiary/aromatic N) is 2. The Morgan fingerprint density at radius 1 is 0.214 bits per heavy atom. The number of fused-ring (bicyclic) bond motifs is 6. The highest BCUT2D eigenvalue weighted by molar-refractivity contribution is 6.24. The molecule has 0 aliphatic carbocycles. The highest BCUT2D eigenvalue weighted by Crippen LogP contribution is 2.38. The van der Waals surface area contributed by atoms with Crippen molar-refractivity contribution in [3.8, 4) is 22.3 Å². The third-order valence-corrected chi connectivity index (χ3v) is 11.2. The minimum absolute atomic E-state index is 0.897. The van der Waals surface area contributed by atoms with Gasteiger partial charge in [-0.05, 0) is 102 Å². The van der Waals surface area contributed by atoms with Crippen LogP contribution in [0.1, 0.15) is 22.3 Å². The lowest BCUT2D eigenvalue weighted by Crippen LogP contribution is -2.10. The van der Waals surface area contributed by atoms with Gasteiger partial charge in [0, 0.05) is 22.3 Å². The fraction of sp³-hybridized carbons (Fsp3) is 0. The molecule has 0 saturated heterocycles. The van der Waals surface area contributed by atoms with Gasteiger partial charge in [0.15, 0.2) is 0 Å². The number of hydrogen-bond acceptors (Lipinski definition) is 2. The van der Waals surface area contributed by atoms with E-state index < -0.39 is 0 Å². The van der Waals surface area contributed by atoms with Gasteiger partial charge in [0.25, 0.3) is 0 Å². The van der Waals surface area contributed by atoms with Crippen molar-refractivity contribution in [1.82, 2.24) is 0 Å². The molecule has 0 saturated carbocycles. The van der Waals surface area contributed by atoms with Crippen LogP contribution >= 0.6 is 0 Å². The standard InChI is InChI=1S/C54H34N2/c1-3-11-41-29-47(27-21-35(41)9-1)37-17-23-39(24-18-37)53-49-31-43-13-5-7-15-45(43)33-51(49)56-54(50-32-44-14-6-8-16-46(44)34-52(50)55-53)40-25-19-38(20-26-40)48-28-22-36-10-2-4-12-42(36)30-48/h1-34H. The lowest BCUT2D eigenvalue weighted by atomic mass is 9.92. The topological polar surface area (TPSA) is 24.7 Å². The molecule has 1 heterocycles. The second-order valence-electron chi connectivity index (χ2n) is 14.6. The van der Waals surface area contributed by atoms with E-state index in [9.17, 15) is 0 Å². The molecule has 0 unspecified atom stereocenters. The van der Waals surface area contributed by atoms with Crippen LogP contribution in [0.4, 0.5) is 11.4 Å². The largest absolute Gasteiger partial charge is 0.247 e. The molecule has 0 amide bonds. The summed E-state index contributed by atoms with van der Waals surface area (Å²) in [6.45, 7) is 0. The maximum absolute atomic E-state index is 5.62. The van der Waals surface area contributed by atoms with E-state index in [1.54, 1.807) is 0 Å². The molecule has 10 aromatic carbocycles. The Bertz CT molecular complexity index is 3000. The molecule has 0 spiro atoms. The Hall–Kier alpha value is -7.42. The first-order valence-corrected chi connectivity index (χ1v) is 19.1. The van der Waals surface area contributed by atoms with Gasteiger partial charge >= 0.3 is 0 Å². The Labute approximate surface area is 325 Å². The smallest absolute Gasteiger partial charge is 0.0803 e. The van der Waals surface area contributed by atoms with E-state index in [0.29, 0.717) is 0 Å². The second-order valence-corrected chi connectivity index (χ2v) is 14.6. The lowest BCUT2D eigenvalue weighted by molar-refractivity contribution is 1.41. The minimum atomic E-state index is 0.897. The van der Waals surface area contributed by atoms with Gasteiger partial charge in [-0.2, -0.15) is 0 Å². The Morgan fingerprint density at radius 2 is 0.500 bits per heavy atom. The van der Waals surface area contributed by atoms with Crippen molar-refractivity contribution in [3.63, 3.8) is 0 Å². The predicted octanol–water partition coefficient (Wildman–Crippen LogP) is 14.3. The van der Waals surface area contributed by atoms with Crippen LogP contribution in [0, 0.1) is 0 Å². The fourth-order valence-corrected chi connectivity index (χ4v) is 8.20. The monoisotopic (exact) mass is 710 g/mol. The van der Waals surface area contributed by atoms with Gasteiger partial charge in [-0.15, -0.1) is 0 Å². The molecule has 56 heavy (non-hydrogen) atoms. The summed E-state index contributed by atoms with van der Waals surface area (Å²) in [5.41, 5.74) is 12.4. The molecular formula is C54H34N2. The number of hydrogen-bond donors (Lipinski definition) is 0. The highest BCUT2D eigenvalue weighted by Gasteiger charge is 2.22. The zero-order chi connectivity index (χ0) is 37.0. The summed E-state index contributed by atoms with van der Waals surface area (Å²) in [5, 5.41) is 9.56. The minimum Gasteiger partial charge on any atom is -0.247 e. The van der Waals surface area contributed by atoms with Crippen molar-refractivity contribution in [1.29, 1.82) is 0 Å². The zero-order valence-corrected chi connectivity index (χ0v) is 30.5. The van der Waals surface area contributed by atoms with Gasteiger partial charge in [0.05, 0.1) is 22.8 Å². The SMILES string of the molecule is c1ccc2cc(-c3ccc(C4=Nc5cc6ccccc6cc5C(c5ccc(-c6ccc7ccccc7c6)cc5)=Nc5cc6ccccc6cc54)cc3)ccc2c1. The van der Waals surface area contributed by atoms with Crippen molar-refractivity contribution in [2.75, 3.05) is 0 Å². The van der Waals surface area contributed by atoms with Crippen LogP contribution in [0.15, 0.2) is 216 Å². The number of rotatable bonds is 4. The summed E-state index contributed by atoms with van der Waals surface area (Å²) in [7, 11) is 0. The van der Waals surface area contributed by atoms with Gasteiger partial charge in [0.2, 0.25) is 0 Å². The van der Waals surface area contributed by atoms with E-state index in [2.05, 4.69) is 206 Å². The molecular weight excluding hydrogens is 677 g/mol. The molecule has 2 heteroatoms. The number of benzene rings is 10. The summed E-state index contributed by atoms with van der Waals surface area (Å²) in [5.74, 6) is 0. The van der Waals surface area contributed by atoms with E-state index in [1.165, 1.54) is 43.8 Å². The first-order chi connectivity index (χ1) is 27.7. The Kier molecular flexibility index (Phi) is 7.53. The summed E-state index contributed by atoms with van der Waals surface area (Å²) in [6.07, 6.45) is 0. The molecule has 10 aromatic rings.